The maximum Gasteiger partial charge on any atom is 0.293 e. The van der Waals surface area contributed by atoms with E-state index in [1.807, 2.05) is 26.0 Å². The van der Waals surface area contributed by atoms with Gasteiger partial charge in [-0.05, 0) is 60.5 Å². The number of thioether (sulfide) groups is 1. The Morgan fingerprint density at radius 3 is 2.56 bits per heavy atom. The van der Waals surface area contributed by atoms with Gasteiger partial charge in [0.1, 0.15) is 11.0 Å². The molecule has 0 aromatic heterocycles. The molecule has 1 aliphatic rings. The average molecular weight is 384 g/mol. The lowest BCUT2D eigenvalue weighted by Crippen LogP contribution is -2.32. The number of aryl methyl sites for hydroxylation is 2. The largest absolute Gasteiger partial charge is 0.506 e. The molecular weight excluding hydrogens is 364 g/mol. The molecule has 2 N–H and O–H groups in total. The van der Waals surface area contributed by atoms with Crippen LogP contribution in [0.5, 0.6) is 5.75 Å². The van der Waals surface area contributed by atoms with Crippen LogP contribution >= 0.6 is 11.8 Å². The summed E-state index contributed by atoms with van der Waals surface area (Å²) in [4.78, 5) is 38.3. The topological polar surface area (TPSA) is 86.7 Å². The highest BCUT2D eigenvalue weighted by Gasteiger charge is 2.41. The van der Waals surface area contributed by atoms with Crippen molar-refractivity contribution in [2.24, 2.45) is 0 Å². The van der Waals surface area contributed by atoms with Gasteiger partial charge in [-0.15, -0.1) is 0 Å². The Kier molecular flexibility index (Phi) is 5.51. The van der Waals surface area contributed by atoms with Crippen molar-refractivity contribution in [3.63, 3.8) is 0 Å². The van der Waals surface area contributed by atoms with Crippen LogP contribution < -0.4 is 10.2 Å². The quantitative estimate of drug-likeness (QED) is 0.765. The number of hydrogen-bond acceptors (Lipinski definition) is 5. The fourth-order valence-electron chi connectivity index (χ4n) is 2.82. The fraction of sp³-hybridized carbons (Fsp3) is 0.250. The monoisotopic (exact) mass is 384 g/mol. The van der Waals surface area contributed by atoms with Crippen molar-refractivity contribution in [3.05, 3.63) is 53.6 Å². The first-order chi connectivity index (χ1) is 12.9. The van der Waals surface area contributed by atoms with E-state index in [4.69, 9.17) is 0 Å². The van der Waals surface area contributed by atoms with E-state index in [0.717, 1.165) is 34.2 Å². The minimum absolute atomic E-state index is 0.0481. The number of aromatic hydroxyl groups is 1. The number of hydrogen-bond donors (Lipinski definition) is 2. The molecule has 1 heterocycles. The summed E-state index contributed by atoms with van der Waals surface area (Å²) in [6, 6.07) is 12.1. The molecule has 6 nitrogen and oxygen atoms in total. The predicted molar refractivity (Wildman–Crippen MR) is 106 cm³/mol. The standard InChI is InChI=1S/C20H20N2O4S/c1-3-13-5-7-14(8-6-13)22-19(25)17(27-20(22)26)11-18(24)21-15-10-12(2)4-9-16(15)23/h4-10,17,23H,3,11H2,1-2H3,(H,21,24). The van der Waals surface area contributed by atoms with E-state index in [0.29, 0.717) is 5.69 Å². The van der Waals surface area contributed by atoms with Crippen LogP contribution in [0.1, 0.15) is 24.5 Å². The zero-order chi connectivity index (χ0) is 19.6. The summed E-state index contributed by atoms with van der Waals surface area (Å²) < 4.78 is 0. The first-order valence-electron chi connectivity index (χ1n) is 8.62. The molecule has 1 fully saturated rings. The first-order valence-corrected chi connectivity index (χ1v) is 9.50. The average Bonchev–Trinajstić information content (AvgIpc) is 2.91. The van der Waals surface area contributed by atoms with Crippen molar-refractivity contribution in [1.82, 2.24) is 0 Å². The van der Waals surface area contributed by atoms with Crippen molar-refractivity contribution in [1.29, 1.82) is 0 Å². The van der Waals surface area contributed by atoms with E-state index in [-0.39, 0.29) is 23.1 Å². The van der Waals surface area contributed by atoms with Gasteiger partial charge in [0.15, 0.2) is 0 Å². The summed E-state index contributed by atoms with van der Waals surface area (Å²) in [6.07, 6.45) is 0.720. The van der Waals surface area contributed by atoms with Crippen molar-refractivity contribution >= 4 is 40.2 Å². The zero-order valence-electron chi connectivity index (χ0n) is 15.1. The van der Waals surface area contributed by atoms with E-state index < -0.39 is 17.1 Å². The number of nitrogens with zero attached hydrogens (tertiary/aromatic N) is 1. The molecule has 1 atom stereocenters. The second-order valence-electron chi connectivity index (χ2n) is 6.34. The molecule has 7 heteroatoms. The van der Waals surface area contributed by atoms with Gasteiger partial charge >= 0.3 is 0 Å². The van der Waals surface area contributed by atoms with Crippen molar-refractivity contribution in [2.45, 2.75) is 31.9 Å². The summed E-state index contributed by atoms with van der Waals surface area (Å²) >= 11 is 0.847. The molecule has 3 amide bonds. The first kappa shape index (κ1) is 19.0. The maximum absolute atomic E-state index is 12.6. The Hall–Kier alpha value is -2.80. The van der Waals surface area contributed by atoms with Gasteiger partial charge in [-0.2, -0.15) is 0 Å². The second kappa shape index (κ2) is 7.84. The predicted octanol–water partition coefficient (Wildman–Crippen LogP) is 3.86. The van der Waals surface area contributed by atoms with Gasteiger partial charge in [0.2, 0.25) is 11.8 Å². The number of carbonyl (C=O) groups is 3. The zero-order valence-corrected chi connectivity index (χ0v) is 15.9. The highest BCUT2D eigenvalue weighted by molar-refractivity contribution is 8.15. The van der Waals surface area contributed by atoms with E-state index in [2.05, 4.69) is 5.32 Å². The number of amides is 3. The molecule has 2 aromatic rings. The molecule has 3 rings (SSSR count). The summed E-state index contributed by atoms with van der Waals surface area (Å²) in [7, 11) is 0. The third-order valence-electron chi connectivity index (χ3n) is 4.32. The van der Waals surface area contributed by atoms with Crippen LogP contribution in [0, 0.1) is 6.92 Å². The lowest BCUT2D eigenvalue weighted by molar-refractivity contribution is -0.121. The summed E-state index contributed by atoms with van der Waals surface area (Å²) in [5, 5.41) is 11.3. The summed E-state index contributed by atoms with van der Waals surface area (Å²) in [5.41, 5.74) is 2.79. The Morgan fingerprint density at radius 2 is 1.89 bits per heavy atom. The third kappa shape index (κ3) is 4.14. The lowest BCUT2D eigenvalue weighted by Gasteiger charge is -2.14. The molecular formula is C20H20N2O4S. The molecule has 0 saturated carbocycles. The van der Waals surface area contributed by atoms with Crippen LogP contribution in [-0.4, -0.2) is 27.4 Å². The van der Waals surface area contributed by atoms with Gasteiger partial charge in [-0.1, -0.05) is 25.1 Å². The van der Waals surface area contributed by atoms with Gasteiger partial charge in [0.25, 0.3) is 5.24 Å². The molecule has 0 aliphatic carbocycles. The third-order valence-corrected chi connectivity index (χ3v) is 5.36. The number of phenolic OH excluding ortho intramolecular Hbond substituents is 1. The number of nitrogens with one attached hydrogen (secondary N) is 1. The van der Waals surface area contributed by atoms with Gasteiger partial charge < -0.3 is 10.4 Å². The number of benzene rings is 2. The van der Waals surface area contributed by atoms with Crippen LogP contribution in [0.4, 0.5) is 16.2 Å². The highest BCUT2D eigenvalue weighted by Crippen LogP contribution is 2.34. The summed E-state index contributed by atoms with van der Waals surface area (Å²) in [5.74, 6) is -0.885. The SMILES string of the molecule is CCc1ccc(N2C(=O)SC(CC(=O)Nc3cc(C)ccc3O)C2=O)cc1. The second-order valence-corrected chi connectivity index (χ2v) is 7.49. The van der Waals surface area contributed by atoms with E-state index >= 15 is 0 Å². The lowest BCUT2D eigenvalue weighted by atomic mass is 10.1. The number of anilines is 2. The van der Waals surface area contributed by atoms with E-state index in [1.165, 1.54) is 6.07 Å². The molecule has 0 spiro atoms. The van der Waals surface area contributed by atoms with Crippen LogP contribution in [0.25, 0.3) is 0 Å². The number of rotatable bonds is 5. The maximum atomic E-state index is 12.6. The molecule has 140 valence electrons. The summed E-state index contributed by atoms with van der Waals surface area (Å²) in [6.45, 7) is 3.86. The van der Waals surface area contributed by atoms with Crippen molar-refractivity contribution in [2.75, 3.05) is 10.2 Å². The normalized spacial score (nSPS) is 16.7. The van der Waals surface area contributed by atoms with Gasteiger partial charge in [-0.3, -0.25) is 14.4 Å². The molecule has 0 bridgehead atoms. The minimum atomic E-state index is -0.782. The van der Waals surface area contributed by atoms with Crippen LogP contribution in [0.15, 0.2) is 42.5 Å². The molecule has 1 saturated heterocycles. The number of phenols is 1. The van der Waals surface area contributed by atoms with E-state index in [1.54, 1.807) is 24.3 Å². The Labute approximate surface area is 161 Å². The number of imide groups is 1. The van der Waals surface area contributed by atoms with Crippen LogP contribution in [0.3, 0.4) is 0 Å². The Balaban J connectivity index is 1.69. The molecule has 27 heavy (non-hydrogen) atoms. The molecule has 0 radical (unpaired) electrons. The van der Waals surface area contributed by atoms with Gasteiger partial charge in [0, 0.05) is 6.42 Å². The van der Waals surface area contributed by atoms with Crippen molar-refractivity contribution in [3.8, 4) is 5.75 Å². The smallest absolute Gasteiger partial charge is 0.293 e. The fourth-order valence-corrected chi connectivity index (χ4v) is 3.81. The van der Waals surface area contributed by atoms with E-state index in [9.17, 15) is 19.5 Å². The molecule has 2 aromatic carbocycles. The molecule has 1 unspecified atom stereocenters. The van der Waals surface area contributed by atoms with Crippen LogP contribution in [0.2, 0.25) is 0 Å². The van der Waals surface area contributed by atoms with Crippen molar-refractivity contribution < 1.29 is 19.5 Å². The molecule has 1 aliphatic heterocycles. The van der Waals surface area contributed by atoms with Gasteiger partial charge in [-0.25, -0.2) is 4.90 Å². The minimum Gasteiger partial charge on any atom is -0.506 e. The Morgan fingerprint density at radius 1 is 1.19 bits per heavy atom. The van der Waals surface area contributed by atoms with Crippen LogP contribution in [-0.2, 0) is 16.0 Å². The number of carbonyl (C=O) groups excluding carboxylic acids is 3. The van der Waals surface area contributed by atoms with Gasteiger partial charge in [0.05, 0.1) is 11.4 Å². The highest BCUT2D eigenvalue weighted by atomic mass is 32.2. The Bertz CT molecular complexity index is 895.